The number of halogens is 1. The van der Waals surface area contributed by atoms with Gasteiger partial charge in [-0.1, -0.05) is 12.1 Å². The maximum absolute atomic E-state index is 13.3. The minimum atomic E-state index is -0.930. The second kappa shape index (κ2) is 10.6. The molecule has 0 bridgehead atoms. The summed E-state index contributed by atoms with van der Waals surface area (Å²) in [5.74, 6) is -1.70. The monoisotopic (exact) mass is 501 g/mol. The summed E-state index contributed by atoms with van der Waals surface area (Å²) in [7, 11) is 0. The molecular formula is C27H20FN3O6. The van der Waals surface area contributed by atoms with E-state index in [1.807, 2.05) is 0 Å². The van der Waals surface area contributed by atoms with Crippen LogP contribution in [-0.2, 0) is 22.6 Å². The van der Waals surface area contributed by atoms with Crippen LogP contribution < -0.4 is 15.0 Å². The van der Waals surface area contributed by atoms with Crippen molar-refractivity contribution in [1.82, 2.24) is 5.32 Å². The van der Waals surface area contributed by atoms with Crippen LogP contribution in [0.4, 0.5) is 20.6 Å². The third-order valence-electron chi connectivity index (χ3n) is 5.49. The molecule has 1 aliphatic heterocycles. The molecule has 0 unspecified atom stereocenters. The Bertz CT molecular complexity index is 1430. The summed E-state index contributed by atoms with van der Waals surface area (Å²) in [6.45, 7) is 3.91. The second-order valence-corrected chi connectivity index (χ2v) is 8.01. The van der Waals surface area contributed by atoms with Crippen molar-refractivity contribution in [2.45, 2.75) is 13.0 Å². The molecule has 0 radical (unpaired) electrons. The Hall–Kier alpha value is -5.12. The van der Waals surface area contributed by atoms with Crippen LogP contribution in [0.1, 0.15) is 16.7 Å². The van der Waals surface area contributed by atoms with Crippen molar-refractivity contribution >= 4 is 35.3 Å². The number of anilines is 1. The Morgan fingerprint density at radius 1 is 1.03 bits per heavy atom. The van der Waals surface area contributed by atoms with Crippen molar-refractivity contribution in [2.24, 2.45) is 0 Å². The lowest BCUT2D eigenvalue weighted by molar-refractivity contribution is -0.384. The largest absolute Gasteiger partial charge is 0.489 e. The topological polar surface area (TPSA) is 119 Å². The lowest BCUT2D eigenvalue weighted by atomic mass is 10.0. The van der Waals surface area contributed by atoms with Crippen molar-refractivity contribution in [3.05, 3.63) is 118 Å². The third-order valence-corrected chi connectivity index (χ3v) is 5.49. The summed E-state index contributed by atoms with van der Waals surface area (Å²) in [5, 5.41) is 12.9. The third kappa shape index (κ3) is 5.59. The predicted molar refractivity (Wildman–Crippen MR) is 133 cm³/mol. The lowest BCUT2D eigenvalue weighted by Gasteiger charge is -2.26. The van der Waals surface area contributed by atoms with E-state index in [1.54, 1.807) is 36.4 Å². The van der Waals surface area contributed by atoms with Gasteiger partial charge in [0.2, 0.25) is 0 Å². The summed E-state index contributed by atoms with van der Waals surface area (Å²) < 4.78 is 19.2. The number of carbonyl (C=O) groups excluding carboxylic acids is 3. The van der Waals surface area contributed by atoms with Crippen LogP contribution in [0.3, 0.4) is 0 Å². The number of allylic oxidation sites excluding steroid dienone is 1. The highest BCUT2D eigenvalue weighted by Crippen LogP contribution is 2.26. The Morgan fingerprint density at radius 3 is 2.38 bits per heavy atom. The van der Waals surface area contributed by atoms with E-state index in [9.17, 15) is 28.9 Å². The van der Waals surface area contributed by atoms with E-state index < -0.39 is 28.6 Å². The van der Waals surface area contributed by atoms with E-state index in [0.717, 1.165) is 28.2 Å². The quantitative estimate of drug-likeness (QED) is 0.157. The molecule has 37 heavy (non-hydrogen) atoms. The molecule has 1 N–H and O–H groups in total. The fraction of sp³-hybridized carbons (Fsp3) is 0.0741. The van der Waals surface area contributed by atoms with Gasteiger partial charge in [-0.05, 0) is 77.7 Å². The summed E-state index contributed by atoms with van der Waals surface area (Å²) in [5.41, 5.74) is 1.79. The molecule has 0 aromatic heterocycles. The number of rotatable bonds is 8. The van der Waals surface area contributed by atoms with Crippen molar-refractivity contribution in [2.75, 3.05) is 4.90 Å². The van der Waals surface area contributed by atoms with Crippen molar-refractivity contribution in [3.8, 4) is 5.75 Å². The van der Waals surface area contributed by atoms with Crippen LogP contribution >= 0.6 is 0 Å². The van der Waals surface area contributed by atoms with Crippen LogP contribution in [0.2, 0.25) is 0 Å². The highest BCUT2D eigenvalue weighted by Gasteiger charge is 2.36. The molecule has 3 aromatic carbocycles. The molecule has 1 saturated heterocycles. The average molecular weight is 501 g/mol. The molecule has 1 aliphatic rings. The molecule has 1 fully saturated rings. The number of non-ortho nitro benzene ring substituents is 1. The normalized spacial score (nSPS) is 14.5. The molecular weight excluding hydrogens is 481 g/mol. The number of amides is 4. The van der Waals surface area contributed by atoms with Gasteiger partial charge in [0.05, 0.1) is 10.6 Å². The van der Waals surface area contributed by atoms with E-state index in [4.69, 9.17) is 4.74 Å². The molecule has 9 nitrogen and oxygen atoms in total. The van der Waals surface area contributed by atoms with E-state index in [-0.39, 0.29) is 23.6 Å². The molecule has 186 valence electrons. The van der Waals surface area contributed by atoms with Gasteiger partial charge in [-0.3, -0.25) is 25.0 Å². The summed E-state index contributed by atoms with van der Waals surface area (Å²) in [4.78, 5) is 48.9. The van der Waals surface area contributed by atoms with Gasteiger partial charge in [-0.2, -0.15) is 0 Å². The first-order chi connectivity index (χ1) is 17.8. The summed E-state index contributed by atoms with van der Waals surface area (Å²) in [6, 6.07) is 14.8. The number of nitro groups is 1. The maximum atomic E-state index is 13.3. The van der Waals surface area contributed by atoms with Crippen LogP contribution in [0, 0.1) is 15.9 Å². The minimum absolute atomic E-state index is 0.0190. The first kappa shape index (κ1) is 25.0. The molecule has 3 aromatic rings. The molecule has 10 heteroatoms. The second-order valence-electron chi connectivity index (χ2n) is 8.01. The number of nitrogens with zero attached hydrogens (tertiary/aromatic N) is 2. The summed E-state index contributed by atoms with van der Waals surface area (Å²) >= 11 is 0. The zero-order chi connectivity index (χ0) is 26.5. The molecule has 0 aliphatic carbocycles. The average Bonchev–Trinajstić information content (AvgIpc) is 2.87. The van der Waals surface area contributed by atoms with E-state index in [2.05, 4.69) is 11.9 Å². The molecule has 4 amide bonds. The number of nitrogens with one attached hydrogen (secondary N) is 1. The predicted octanol–water partition coefficient (Wildman–Crippen LogP) is 4.71. The zero-order valence-corrected chi connectivity index (χ0v) is 19.3. The summed E-state index contributed by atoms with van der Waals surface area (Å²) in [6.07, 6.45) is 3.44. The molecule has 4 rings (SSSR count). The number of hydrogen-bond acceptors (Lipinski definition) is 6. The number of carbonyl (C=O) groups is 3. The number of benzene rings is 3. The van der Waals surface area contributed by atoms with Crippen LogP contribution in [0.15, 0.2) is 85.0 Å². The number of nitro benzene ring substituents is 1. The highest BCUT2D eigenvalue weighted by atomic mass is 19.1. The first-order valence-corrected chi connectivity index (χ1v) is 11.0. The van der Waals surface area contributed by atoms with Gasteiger partial charge in [0.25, 0.3) is 17.5 Å². The van der Waals surface area contributed by atoms with Gasteiger partial charge in [0, 0.05) is 12.1 Å². The van der Waals surface area contributed by atoms with Crippen LogP contribution in [0.25, 0.3) is 6.08 Å². The van der Waals surface area contributed by atoms with E-state index in [1.165, 1.54) is 30.3 Å². The Kier molecular flexibility index (Phi) is 7.19. The molecule has 0 atom stereocenters. The Balaban J connectivity index is 1.58. The fourth-order valence-corrected chi connectivity index (χ4v) is 3.67. The Morgan fingerprint density at radius 2 is 1.73 bits per heavy atom. The molecule has 1 heterocycles. The number of barbiturate groups is 1. The van der Waals surface area contributed by atoms with Crippen LogP contribution in [0.5, 0.6) is 5.75 Å². The minimum Gasteiger partial charge on any atom is -0.489 e. The molecule has 0 spiro atoms. The number of hydrogen-bond donors (Lipinski definition) is 1. The smallest absolute Gasteiger partial charge is 0.335 e. The number of imide groups is 2. The first-order valence-electron chi connectivity index (χ1n) is 11.0. The maximum Gasteiger partial charge on any atom is 0.335 e. The fourth-order valence-electron chi connectivity index (χ4n) is 3.67. The van der Waals surface area contributed by atoms with Crippen molar-refractivity contribution in [3.63, 3.8) is 0 Å². The van der Waals surface area contributed by atoms with Gasteiger partial charge in [0.1, 0.15) is 23.7 Å². The highest BCUT2D eigenvalue weighted by molar-refractivity contribution is 6.39. The molecule has 0 saturated carbocycles. The van der Waals surface area contributed by atoms with Gasteiger partial charge in [0.15, 0.2) is 0 Å². The van der Waals surface area contributed by atoms with Gasteiger partial charge >= 0.3 is 6.03 Å². The van der Waals surface area contributed by atoms with Gasteiger partial charge in [-0.25, -0.2) is 14.1 Å². The number of urea groups is 1. The van der Waals surface area contributed by atoms with Crippen LogP contribution in [-0.4, -0.2) is 22.8 Å². The van der Waals surface area contributed by atoms with Crippen molar-refractivity contribution < 1.29 is 28.4 Å². The lowest BCUT2D eigenvalue weighted by Crippen LogP contribution is -2.54. The number of ether oxygens (including phenoxy) is 1. The Labute approximate surface area is 210 Å². The van der Waals surface area contributed by atoms with Gasteiger partial charge in [-0.15, -0.1) is 6.58 Å². The van der Waals surface area contributed by atoms with Gasteiger partial charge < -0.3 is 4.74 Å². The van der Waals surface area contributed by atoms with E-state index in [0.29, 0.717) is 17.7 Å². The van der Waals surface area contributed by atoms with Crippen molar-refractivity contribution in [1.29, 1.82) is 0 Å². The zero-order valence-electron chi connectivity index (χ0n) is 19.3. The SMILES string of the molecule is C=CCc1cc(/C=C2\C(=O)NC(=O)N(c3ccc(F)cc3)C2=O)ccc1OCc1ccc([N+](=O)[O-])cc1. The van der Waals surface area contributed by atoms with E-state index >= 15 is 0 Å². The standard InChI is InChI=1S/C27H20FN3O6/c1-2-3-19-14-18(6-13-24(19)37-16-17-4-9-22(10-5-17)31(35)36)15-23-25(32)29-27(34)30(26(23)33)21-11-7-20(28)8-12-21/h2,4-15H,1,3,16H2,(H,29,32,34)/b23-15+.